The molecule has 0 aliphatic carbocycles. The number of aromatic amines is 1. The molecule has 26 heavy (non-hydrogen) atoms. The number of thioether (sulfide) groups is 1. The molecule has 0 saturated heterocycles. The number of hydrogen-bond acceptors (Lipinski definition) is 4. The van der Waals surface area contributed by atoms with Crippen LogP contribution in [0.4, 0.5) is 0 Å². The quantitative estimate of drug-likeness (QED) is 0.874. The largest absolute Gasteiger partial charge is 0.346 e. The molecule has 134 valence electrons. The van der Waals surface area contributed by atoms with Gasteiger partial charge in [-0.15, -0.1) is 11.8 Å². The summed E-state index contributed by atoms with van der Waals surface area (Å²) in [6.07, 6.45) is 11.9. The molecule has 2 aromatic heterocycles. The van der Waals surface area contributed by atoms with Gasteiger partial charge >= 0.3 is 0 Å². The molecule has 6 heteroatoms. The van der Waals surface area contributed by atoms with Gasteiger partial charge in [0.15, 0.2) is 0 Å². The first-order chi connectivity index (χ1) is 12.8. The number of aliphatic imine (C=N–C) groups is 1. The molecule has 5 nitrogen and oxygen atoms in total. The van der Waals surface area contributed by atoms with Gasteiger partial charge in [0.2, 0.25) is 0 Å². The Kier molecular flexibility index (Phi) is 4.93. The highest BCUT2D eigenvalue weighted by molar-refractivity contribution is 8.04. The van der Waals surface area contributed by atoms with Gasteiger partial charge in [0.05, 0.1) is 17.2 Å². The van der Waals surface area contributed by atoms with Gasteiger partial charge in [0, 0.05) is 36.1 Å². The van der Waals surface area contributed by atoms with Crippen LogP contribution >= 0.6 is 11.8 Å². The van der Waals surface area contributed by atoms with Crippen LogP contribution in [0.3, 0.4) is 0 Å². The second kappa shape index (κ2) is 7.50. The fraction of sp³-hybridized carbons (Fsp3) is 0.350. The lowest BCUT2D eigenvalue weighted by Crippen LogP contribution is -2.35. The molecule has 1 N–H and O–H groups in total. The number of carbonyl (C=O) groups is 1. The van der Waals surface area contributed by atoms with Crippen molar-refractivity contribution in [2.75, 3.05) is 19.6 Å². The zero-order valence-electron chi connectivity index (χ0n) is 14.8. The second-order valence-electron chi connectivity index (χ2n) is 6.43. The SMILES string of the molecule is CCN(CC1=NCCC=C1)C(=O)C1=CCC(c2ccnc3[nH]ccc23)S1. The monoisotopic (exact) mass is 366 g/mol. The summed E-state index contributed by atoms with van der Waals surface area (Å²) in [7, 11) is 0. The maximum Gasteiger partial charge on any atom is 0.260 e. The van der Waals surface area contributed by atoms with Crippen molar-refractivity contribution in [1.82, 2.24) is 14.9 Å². The summed E-state index contributed by atoms with van der Waals surface area (Å²) in [5, 5.41) is 1.40. The Hall–Kier alpha value is -2.34. The Labute approximate surface area is 157 Å². The van der Waals surface area contributed by atoms with E-state index < -0.39 is 0 Å². The van der Waals surface area contributed by atoms with Crippen LogP contribution in [-0.2, 0) is 4.79 Å². The van der Waals surface area contributed by atoms with E-state index in [1.807, 2.05) is 30.3 Å². The number of likely N-dealkylation sites (N-methyl/N-ethyl adjacent to an activating group) is 1. The van der Waals surface area contributed by atoms with Crippen molar-refractivity contribution >= 4 is 34.4 Å². The summed E-state index contributed by atoms with van der Waals surface area (Å²) in [6.45, 7) is 4.12. The third-order valence-corrected chi connectivity index (χ3v) is 6.11. The third kappa shape index (κ3) is 3.33. The van der Waals surface area contributed by atoms with Gasteiger partial charge in [-0.1, -0.05) is 12.2 Å². The molecule has 0 radical (unpaired) electrons. The van der Waals surface area contributed by atoms with Gasteiger partial charge < -0.3 is 9.88 Å². The number of nitrogens with zero attached hydrogens (tertiary/aromatic N) is 3. The van der Waals surface area contributed by atoms with E-state index >= 15 is 0 Å². The molecular formula is C20H22N4OS. The van der Waals surface area contributed by atoms with Crippen molar-refractivity contribution in [3.63, 3.8) is 0 Å². The Bertz CT molecular complexity index is 911. The predicted octanol–water partition coefficient (Wildman–Crippen LogP) is 3.87. The molecule has 4 rings (SSSR count). The number of allylic oxidation sites excluding steroid dienone is 1. The minimum absolute atomic E-state index is 0.112. The lowest BCUT2D eigenvalue weighted by atomic mass is 10.1. The van der Waals surface area contributed by atoms with Gasteiger partial charge in [-0.3, -0.25) is 9.79 Å². The van der Waals surface area contributed by atoms with Crippen LogP contribution in [0.1, 0.15) is 30.6 Å². The number of carbonyl (C=O) groups excluding carboxylic acids is 1. The van der Waals surface area contributed by atoms with Crippen LogP contribution in [0.5, 0.6) is 0 Å². The number of rotatable bonds is 5. The molecule has 2 aliphatic rings. The standard InChI is InChI=1S/C20H22N4OS/c1-2-24(13-14-5-3-4-10-21-14)20(25)18-7-6-17(26-18)15-8-11-22-19-16(15)9-12-23-19/h3,5,7-9,11-12,17H,2,4,6,10,13H2,1H3,(H,22,23). The van der Waals surface area contributed by atoms with Crippen LogP contribution in [0.15, 0.2) is 52.7 Å². The number of hydrogen-bond donors (Lipinski definition) is 1. The summed E-state index contributed by atoms with van der Waals surface area (Å²) in [5.41, 5.74) is 3.14. The van der Waals surface area contributed by atoms with Crippen LogP contribution in [0.25, 0.3) is 11.0 Å². The molecule has 0 fully saturated rings. The van der Waals surface area contributed by atoms with Gasteiger partial charge in [0.25, 0.3) is 5.91 Å². The zero-order valence-corrected chi connectivity index (χ0v) is 15.6. The molecule has 0 saturated carbocycles. The minimum Gasteiger partial charge on any atom is -0.346 e. The van der Waals surface area contributed by atoms with Crippen molar-refractivity contribution in [1.29, 1.82) is 0 Å². The number of amides is 1. The Morgan fingerprint density at radius 2 is 2.35 bits per heavy atom. The Balaban J connectivity index is 1.47. The van der Waals surface area contributed by atoms with E-state index in [9.17, 15) is 4.79 Å². The van der Waals surface area contributed by atoms with Crippen molar-refractivity contribution in [2.45, 2.75) is 25.0 Å². The summed E-state index contributed by atoms with van der Waals surface area (Å²) >= 11 is 1.67. The third-order valence-electron chi connectivity index (χ3n) is 4.78. The highest BCUT2D eigenvalue weighted by atomic mass is 32.2. The number of H-pyrrole nitrogens is 1. The summed E-state index contributed by atoms with van der Waals surface area (Å²) in [4.78, 5) is 27.7. The fourth-order valence-corrected chi connectivity index (χ4v) is 4.64. The van der Waals surface area contributed by atoms with E-state index in [4.69, 9.17) is 0 Å². The van der Waals surface area contributed by atoms with Gasteiger partial charge in [-0.05, 0) is 43.5 Å². The van der Waals surface area contributed by atoms with Crippen molar-refractivity contribution in [2.24, 2.45) is 4.99 Å². The summed E-state index contributed by atoms with van der Waals surface area (Å²) < 4.78 is 0. The van der Waals surface area contributed by atoms with Gasteiger partial charge in [-0.2, -0.15) is 0 Å². The number of fused-ring (bicyclic) bond motifs is 1. The fourth-order valence-electron chi connectivity index (χ4n) is 3.39. The maximum absolute atomic E-state index is 13.0. The normalized spacial score (nSPS) is 19.5. The first-order valence-electron chi connectivity index (χ1n) is 9.04. The maximum atomic E-state index is 13.0. The number of nitrogens with one attached hydrogen (secondary N) is 1. The molecule has 4 heterocycles. The van der Waals surface area contributed by atoms with Gasteiger partial charge in [-0.25, -0.2) is 4.98 Å². The lowest BCUT2D eigenvalue weighted by molar-refractivity contribution is -0.125. The molecule has 0 bridgehead atoms. The van der Waals surface area contributed by atoms with E-state index in [2.05, 4.69) is 39.2 Å². The Morgan fingerprint density at radius 1 is 1.42 bits per heavy atom. The number of aromatic nitrogens is 2. The van der Waals surface area contributed by atoms with Crippen LogP contribution in [0, 0.1) is 0 Å². The average Bonchev–Trinajstić information content (AvgIpc) is 3.35. The van der Waals surface area contributed by atoms with Crippen molar-refractivity contribution in [3.8, 4) is 0 Å². The van der Waals surface area contributed by atoms with Crippen molar-refractivity contribution < 1.29 is 4.79 Å². The van der Waals surface area contributed by atoms with E-state index in [0.717, 1.165) is 41.0 Å². The van der Waals surface area contributed by atoms with Crippen molar-refractivity contribution in [3.05, 3.63) is 53.2 Å². The molecule has 1 amide bonds. The first-order valence-corrected chi connectivity index (χ1v) is 9.92. The topological polar surface area (TPSA) is 61.4 Å². The smallest absolute Gasteiger partial charge is 0.260 e. The predicted molar refractivity (Wildman–Crippen MR) is 107 cm³/mol. The number of dihydropyridines is 1. The molecule has 0 aromatic carbocycles. The van der Waals surface area contributed by atoms with E-state index in [1.54, 1.807) is 11.8 Å². The van der Waals surface area contributed by atoms with E-state index in [1.165, 1.54) is 5.56 Å². The first kappa shape index (κ1) is 17.1. The second-order valence-corrected chi connectivity index (χ2v) is 7.68. The zero-order chi connectivity index (χ0) is 17.9. The van der Waals surface area contributed by atoms with Gasteiger partial charge in [0.1, 0.15) is 5.65 Å². The highest BCUT2D eigenvalue weighted by Gasteiger charge is 2.28. The van der Waals surface area contributed by atoms with Crippen LogP contribution in [-0.4, -0.2) is 46.1 Å². The van der Waals surface area contributed by atoms with Crippen LogP contribution in [0.2, 0.25) is 0 Å². The average molecular weight is 366 g/mol. The van der Waals surface area contributed by atoms with Crippen LogP contribution < -0.4 is 0 Å². The minimum atomic E-state index is 0.112. The summed E-state index contributed by atoms with van der Waals surface area (Å²) in [5.74, 6) is 0.112. The molecular weight excluding hydrogens is 344 g/mol. The molecule has 1 unspecified atom stereocenters. The van der Waals surface area contributed by atoms with E-state index in [-0.39, 0.29) is 11.2 Å². The molecule has 1 atom stereocenters. The highest BCUT2D eigenvalue weighted by Crippen LogP contribution is 2.45. The molecule has 2 aromatic rings. The number of pyridine rings is 1. The molecule has 2 aliphatic heterocycles. The van der Waals surface area contributed by atoms with E-state index in [0.29, 0.717) is 13.1 Å². The summed E-state index contributed by atoms with van der Waals surface area (Å²) in [6, 6.07) is 4.12. The lowest BCUT2D eigenvalue weighted by Gasteiger charge is -2.22. The Morgan fingerprint density at radius 3 is 3.15 bits per heavy atom. The molecule has 0 spiro atoms.